The number of nitrogens with zero attached hydrogens (tertiary/aromatic N) is 2. The Balaban J connectivity index is 1.88. The van der Waals surface area contributed by atoms with E-state index in [2.05, 4.69) is 20.8 Å². The summed E-state index contributed by atoms with van der Waals surface area (Å²) in [6.07, 6.45) is -0.858. The molecule has 0 saturated carbocycles. The number of hydrogen-bond acceptors (Lipinski definition) is 6. The zero-order valence-electron chi connectivity index (χ0n) is 11.7. The largest absolute Gasteiger partial charge is 0.496 e. The van der Waals surface area contributed by atoms with Crippen LogP contribution < -0.4 is 15.4 Å². The SMILES string of the molecule is COc1ccccc1C(O)CNC(=O)Nc1nnc(C)s1. The molecule has 0 aliphatic rings. The van der Waals surface area contributed by atoms with E-state index in [0.717, 1.165) is 5.01 Å². The molecule has 0 fully saturated rings. The molecule has 2 rings (SSSR count). The number of rotatable bonds is 5. The van der Waals surface area contributed by atoms with Gasteiger partial charge in [0.05, 0.1) is 13.2 Å². The number of aromatic nitrogens is 2. The lowest BCUT2D eigenvalue weighted by Gasteiger charge is -2.15. The third-order valence-electron chi connectivity index (χ3n) is 2.70. The van der Waals surface area contributed by atoms with Gasteiger partial charge in [-0.2, -0.15) is 0 Å². The Morgan fingerprint density at radius 1 is 1.43 bits per heavy atom. The molecule has 0 spiro atoms. The molecular formula is C13H16N4O3S. The lowest BCUT2D eigenvalue weighted by molar-refractivity contribution is 0.171. The van der Waals surface area contributed by atoms with Gasteiger partial charge in [-0.1, -0.05) is 29.5 Å². The maximum absolute atomic E-state index is 11.7. The minimum absolute atomic E-state index is 0.0595. The Hall–Kier alpha value is -2.19. The summed E-state index contributed by atoms with van der Waals surface area (Å²) < 4.78 is 5.17. The number of anilines is 1. The number of ether oxygens (including phenoxy) is 1. The molecule has 0 radical (unpaired) electrons. The smallest absolute Gasteiger partial charge is 0.321 e. The lowest BCUT2D eigenvalue weighted by atomic mass is 10.1. The van der Waals surface area contributed by atoms with Crippen LogP contribution in [0.2, 0.25) is 0 Å². The number of carbonyl (C=O) groups is 1. The summed E-state index contributed by atoms with van der Waals surface area (Å²) in [6, 6.07) is 6.66. The van der Waals surface area contributed by atoms with Gasteiger partial charge in [-0.25, -0.2) is 4.79 Å². The summed E-state index contributed by atoms with van der Waals surface area (Å²) in [5.74, 6) is 0.576. The van der Waals surface area contributed by atoms with E-state index >= 15 is 0 Å². The van der Waals surface area contributed by atoms with Crippen molar-refractivity contribution in [2.24, 2.45) is 0 Å². The molecule has 0 aliphatic carbocycles. The highest BCUT2D eigenvalue weighted by Crippen LogP contribution is 2.24. The Morgan fingerprint density at radius 2 is 2.19 bits per heavy atom. The van der Waals surface area contributed by atoms with E-state index < -0.39 is 12.1 Å². The van der Waals surface area contributed by atoms with Crippen LogP contribution in [-0.4, -0.2) is 35.0 Å². The molecular weight excluding hydrogens is 292 g/mol. The number of aryl methyl sites for hydroxylation is 1. The molecule has 0 aliphatic heterocycles. The van der Waals surface area contributed by atoms with Gasteiger partial charge in [-0.05, 0) is 13.0 Å². The maximum Gasteiger partial charge on any atom is 0.321 e. The molecule has 7 nitrogen and oxygen atoms in total. The van der Waals surface area contributed by atoms with Crippen molar-refractivity contribution in [3.05, 3.63) is 34.8 Å². The molecule has 21 heavy (non-hydrogen) atoms. The Kier molecular flexibility index (Phi) is 5.07. The lowest BCUT2D eigenvalue weighted by Crippen LogP contribution is -2.32. The first-order valence-corrected chi connectivity index (χ1v) is 7.07. The minimum atomic E-state index is -0.858. The number of hydrogen-bond donors (Lipinski definition) is 3. The predicted octanol–water partition coefficient (Wildman–Crippen LogP) is 1.71. The van der Waals surface area contributed by atoms with Gasteiger partial charge in [0.2, 0.25) is 5.13 Å². The van der Waals surface area contributed by atoms with Crippen molar-refractivity contribution in [3.8, 4) is 5.75 Å². The summed E-state index contributed by atoms with van der Waals surface area (Å²) in [6.45, 7) is 1.86. The van der Waals surface area contributed by atoms with Crippen LogP contribution in [0.5, 0.6) is 5.75 Å². The van der Waals surface area contributed by atoms with Crippen LogP contribution >= 0.6 is 11.3 Å². The molecule has 8 heteroatoms. The quantitative estimate of drug-likeness (QED) is 0.781. The molecule has 2 aromatic rings. The highest BCUT2D eigenvalue weighted by atomic mass is 32.1. The molecule has 1 heterocycles. The summed E-state index contributed by atoms with van der Waals surface area (Å²) in [5.41, 5.74) is 0.618. The monoisotopic (exact) mass is 308 g/mol. The van der Waals surface area contributed by atoms with Crippen LogP contribution in [0.15, 0.2) is 24.3 Å². The highest BCUT2D eigenvalue weighted by molar-refractivity contribution is 7.15. The van der Waals surface area contributed by atoms with Crippen LogP contribution in [-0.2, 0) is 0 Å². The molecule has 1 unspecified atom stereocenters. The first kappa shape index (κ1) is 15.2. The van der Waals surface area contributed by atoms with Crippen LogP contribution in [0.1, 0.15) is 16.7 Å². The molecule has 112 valence electrons. The number of para-hydroxylation sites is 1. The fourth-order valence-electron chi connectivity index (χ4n) is 1.73. The molecule has 1 aromatic carbocycles. The van der Waals surface area contributed by atoms with Gasteiger partial charge < -0.3 is 15.2 Å². The normalized spacial score (nSPS) is 11.8. The minimum Gasteiger partial charge on any atom is -0.496 e. The molecule has 0 bridgehead atoms. The topological polar surface area (TPSA) is 96.4 Å². The van der Waals surface area contributed by atoms with Crippen molar-refractivity contribution in [2.75, 3.05) is 19.0 Å². The number of benzene rings is 1. The van der Waals surface area contributed by atoms with E-state index in [0.29, 0.717) is 16.4 Å². The third kappa shape index (κ3) is 4.14. The second kappa shape index (κ2) is 7.00. The van der Waals surface area contributed by atoms with Gasteiger partial charge in [-0.3, -0.25) is 5.32 Å². The average molecular weight is 308 g/mol. The van der Waals surface area contributed by atoms with Gasteiger partial charge in [0, 0.05) is 12.1 Å². The van der Waals surface area contributed by atoms with Crippen LogP contribution in [0.3, 0.4) is 0 Å². The average Bonchev–Trinajstić information content (AvgIpc) is 2.89. The summed E-state index contributed by atoms with van der Waals surface area (Å²) in [4.78, 5) is 11.7. The van der Waals surface area contributed by atoms with Gasteiger partial charge in [0.15, 0.2) is 0 Å². The van der Waals surface area contributed by atoms with Gasteiger partial charge in [-0.15, -0.1) is 10.2 Å². The third-order valence-corrected chi connectivity index (χ3v) is 3.45. The van der Waals surface area contributed by atoms with Crippen molar-refractivity contribution in [2.45, 2.75) is 13.0 Å². The molecule has 2 amide bonds. The van der Waals surface area contributed by atoms with Gasteiger partial charge in [0.1, 0.15) is 10.8 Å². The zero-order chi connectivity index (χ0) is 15.2. The van der Waals surface area contributed by atoms with E-state index in [-0.39, 0.29) is 6.54 Å². The molecule has 3 N–H and O–H groups in total. The van der Waals surface area contributed by atoms with Crippen molar-refractivity contribution in [3.63, 3.8) is 0 Å². The maximum atomic E-state index is 11.7. The zero-order valence-corrected chi connectivity index (χ0v) is 12.5. The first-order valence-electron chi connectivity index (χ1n) is 6.26. The second-order valence-electron chi connectivity index (χ2n) is 4.22. The second-order valence-corrected chi connectivity index (χ2v) is 5.40. The Bertz CT molecular complexity index is 617. The highest BCUT2D eigenvalue weighted by Gasteiger charge is 2.14. The molecule has 1 atom stereocenters. The number of aliphatic hydroxyl groups excluding tert-OH is 1. The van der Waals surface area contributed by atoms with E-state index in [1.807, 2.05) is 6.07 Å². The van der Waals surface area contributed by atoms with E-state index in [1.54, 1.807) is 25.1 Å². The molecule has 1 aromatic heterocycles. The van der Waals surface area contributed by atoms with E-state index in [1.165, 1.54) is 18.4 Å². The number of aliphatic hydroxyl groups is 1. The van der Waals surface area contributed by atoms with Crippen LogP contribution in [0, 0.1) is 6.92 Å². The van der Waals surface area contributed by atoms with E-state index in [4.69, 9.17) is 4.74 Å². The number of carbonyl (C=O) groups excluding carboxylic acids is 1. The predicted molar refractivity (Wildman–Crippen MR) is 79.6 cm³/mol. The van der Waals surface area contributed by atoms with Crippen molar-refractivity contribution in [1.82, 2.24) is 15.5 Å². The van der Waals surface area contributed by atoms with Crippen molar-refractivity contribution < 1.29 is 14.6 Å². The Morgan fingerprint density at radius 3 is 2.86 bits per heavy atom. The summed E-state index contributed by atoms with van der Waals surface area (Å²) in [5, 5.41) is 24.0. The standard InChI is InChI=1S/C13H16N4O3S/c1-8-16-17-13(21-8)15-12(19)14-7-10(18)9-5-3-4-6-11(9)20-2/h3-6,10,18H,7H2,1-2H3,(H2,14,15,17,19). The Labute approximate surface area is 126 Å². The molecule has 0 saturated heterocycles. The number of amides is 2. The summed E-state index contributed by atoms with van der Waals surface area (Å²) >= 11 is 1.28. The fraction of sp³-hybridized carbons (Fsp3) is 0.308. The van der Waals surface area contributed by atoms with Crippen LogP contribution in [0.25, 0.3) is 0 Å². The van der Waals surface area contributed by atoms with Crippen molar-refractivity contribution >= 4 is 22.5 Å². The summed E-state index contributed by atoms with van der Waals surface area (Å²) in [7, 11) is 1.53. The van der Waals surface area contributed by atoms with E-state index in [9.17, 15) is 9.90 Å². The number of methoxy groups -OCH3 is 1. The first-order chi connectivity index (χ1) is 10.1. The van der Waals surface area contributed by atoms with Gasteiger partial charge >= 0.3 is 6.03 Å². The number of nitrogens with one attached hydrogen (secondary N) is 2. The van der Waals surface area contributed by atoms with Gasteiger partial charge in [0.25, 0.3) is 0 Å². The number of urea groups is 1. The van der Waals surface area contributed by atoms with Crippen LogP contribution in [0.4, 0.5) is 9.93 Å². The fourth-order valence-corrected chi connectivity index (χ4v) is 2.32. The van der Waals surface area contributed by atoms with Crippen molar-refractivity contribution in [1.29, 1.82) is 0 Å².